The van der Waals surface area contributed by atoms with Gasteiger partial charge >= 0.3 is 5.97 Å². The highest BCUT2D eigenvalue weighted by Crippen LogP contribution is 2.37. The van der Waals surface area contributed by atoms with Crippen LogP contribution in [0.25, 0.3) is 11.8 Å². The topological polar surface area (TPSA) is 92.3 Å². The molecular weight excluding hydrogens is 516 g/mol. The number of aromatic nitrogens is 1. The summed E-state index contributed by atoms with van der Waals surface area (Å²) in [6, 6.07) is 18.2. The van der Waals surface area contributed by atoms with Crippen molar-refractivity contribution in [1.82, 2.24) is 4.57 Å². The second-order valence-electron chi connectivity index (χ2n) is 8.71. The van der Waals surface area contributed by atoms with E-state index < -0.39 is 12.0 Å². The summed E-state index contributed by atoms with van der Waals surface area (Å²) in [7, 11) is 0. The molecule has 5 rings (SSSR count). The van der Waals surface area contributed by atoms with Gasteiger partial charge in [0.25, 0.3) is 5.56 Å². The van der Waals surface area contributed by atoms with Crippen LogP contribution < -0.4 is 24.4 Å². The monoisotopic (exact) mass is 544 g/mol. The Morgan fingerprint density at radius 2 is 1.87 bits per heavy atom. The predicted octanol–water partition coefficient (Wildman–Crippen LogP) is 4.48. The van der Waals surface area contributed by atoms with Crippen molar-refractivity contribution >= 4 is 29.1 Å². The minimum Gasteiger partial charge on any atom is -0.490 e. The van der Waals surface area contributed by atoms with Gasteiger partial charge in [-0.1, -0.05) is 47.7 Å². The molecule has 1 aliphatic heterocycles. The molecule has 39 heavy (non-hydrogen) atoms. The van der Waals surface area contributed by atoms with Gasteiger partial charge in [-0.15, -0.1) is 0 Å². The normalized spacial score (nSPS) is 15.1. The molecule has 0 fully saturated rings. The summed E-state index contributed by atoms with van der Waals surface area (Å²) in [6.07, 6.45) is 3.22. The van der Waals surface area contributed by atoms with Crippen LogP contribution in [0.2, 0.25) is 0 Å². The van der Waals surface area contributed by atoms with Gasteiger partial charge in [0.1, 0.15) is 22.9 Å². The quantitative estimate of drug-likeness (QED) is 0.289. The number of furan rings is 1. The van der Waals surface area contributed by atoms with Crippen LogP contribution in [-0.2, 0) is 16.1 Å². The Morgan fingerprint density at radius 3 is 2.59 bits per heavy atom. The minimum absolute atomic E-state index is 0.196. The lowest BCUT2D eigenvalue weighted by molar-refractivity contribution is -0.138. The van der Waals surface area contributed by atoms with Crippen LogP contribution in [0.3, 0.4) is 0 Å². The average molecular weight is 545 g/mol. The van der Waals surface area contributed by atoms with E-state index in [0.29, 0.717) is 51.1 Å². The van der Waals surface area contributed by atoms with E-state index in [1.807, 2.05) is 55.5 Å². The van der Waals surface area contributed by atoms with Crippen LogP contribution >= 0.6 is 11.3 Å². The molecule has 200 valence electrons. The van der Waals surface area contributed by atoms with E-state index >= 15 is 0 Å². The number of rotatable bonds is 9. The van der Waals surface area contributed by atoms with Crippen molar-refractivity contribution in [3.05, 3.63) is 109 Å². The summed E-state index contributed by atoms with van der Waals surface area (Å²) in [4.78, 5) is 31.8. The summed E-state index contributed by atoms with van der Waals surface area (Å²) < 4.78 is 24.7. The smallest absolute Gasteiger partial charge is 0.338 e. The van der Waals surface area contributed by atoms with E-state index in [9.17, 15) is 9.59 Å². The van der Waals surface area contributed by atoms with E-state index in [1.54, 1.807) is 38.3 Å². The predicted molar refractivity (Wildman–Crippen MR) is 148 cm³/mol. The van der Waals surface area contributed by atoms with Crippen LogP contribution in [-0.4, -0.2) is 23.8 Å². The molecule has 9 heteroatoms. The van der Waals surface area contributed by atoms with E-state index in [1.165, 1.54) is 15.9 Å². The second kappa shape index (κ2) is 11.6. The van der Waals surface area contributed by atoms with Crippen molar-refractivity contribution in [2.75, 3.05) is 13.2 Å². The lowest BCUT2D eigenvalue weighted by Gasteiger charge is -2.23. The Morgan fingerprint density at radius 1 is 1.05 bits per heavy atom. The van der Waals surface area contributed by atoms with Crippen LogP contribution in [0.5, 0.6) is 11.5 Å². The van der Waals surface area contributed by atoms with Gasteiger partial charge in [0.2, 0.25) is 0 Å². The lowest BCUT2D eigenvalue weighted by atomic mass is 9.96. The number of benzene rings is 2. The molecule has 8 nitrogen and oxygen atoms in total. The Labute approximate surface area is 229 Å². The van der Waals surface area contributed by atoms with Crippen molar-refractivity contribution in [2.24, 2.45) is 4.99 Å². The minimum atomic E-state index is -0.694. The maximum atomic E-state index is 13.3. The Hall–Kier alpha value is -4.37. The van der Waals surface area contributed by atoms with Gasteiger partial charge < -0.3 is 18.6 Å². The molecule has 0 aliphatic carbocycles. The molecule has 4 aromatic rings. The number of hydrogen-bond donors (Lipinski definition) is 0. The zero-order valence-corrected chi connectivity index (χ0v) is 22.7. The molecule has 0 bridgehead atoms. The number of fused-ring (bicyclic) bond motifs is 1. The molecule has 1 aliphatic rings. The Kier molecular flexibility index (Phi) is 7.79. The fourth-order valence-corrected chi connectivity index (χ4v) is 5.40. The number of nitrogens with zero attached hydrogens (tertiary/aromatic N) is 2. The van der Waals surface area contributed by atoms with Gasteiger partial charge in [-0.3, -0.25) is 9.36 Å². The van der Waals surface area contributed by atoms with E-state index in [-0.39, 0.29) is 12.2 Å². The lowest BCUT2D eigenvalue weighted by Crippen LogP contribution is -2.35. The van der Waals surface area contributed by atoms with E-state index in [2.05, 4.69) is 0 Å². The third kappa shape index (κ3) is 5.44. The number of ether oxygens (including phenoxy) is 3. The van der Waals surface area contributed by atoms with Crippen molar-refractivity contribution in [1.29, 1.82) is 0 Å². The van der Waals surface area contributed by atoms with Crippen molar-refractivity contribution in [2.45, 2.75) is 33.4 Å². The molecule has 0 spiro atoms. The zero-order valence-electron chi connectivity index (χ0n) is 21.9. The fraction of sp³-hybridized carbons (Fsp3) is 0.233. The number of carbonyl (C=O) groups is 1. The molecule has 0 amide bonds. The standard InChI is InChI=1S/C30H28N2O6S/c1-4-35-24-16-21(13-14-23(24)38-18-20-10-7-6-8-11-20)27-26(29(34)36-5-2)19(3)32-28(33)25(39-30(32)31-27)17-22-12-9-15-37-22/h6-17,27H,4-5,18H2,1-3H3/b25-17+/t27-/m1/s1. The maximum Gasteiger partial charge on any atom is 0.338 e. The average Bonchev–Trinajstić information content (AvgIpc) is 3.56. The Bertz CT molecular complexity index is 1680. The summed E-state index contributed by atoms with van der Waals surface area (Å²) in [5, 5.41) is 0. The molecule has 3 heterocycles. The number of allylic oxidation sites excluding steroid dienone is 1. The molecule has 0 unspecified atom stereocenters. The summed E-state index contributed by atoms with van der Waals surface area (Å²) in [6.45, 7) is 6.40. The summed E-state index contributed by atoms with van der Waals surface area (Å²) >= 11 is 1.24. The molecule has 0 saturated heterocycles. The van der Waals surface area contributed by atoms with Gasteiger partial charge in [0.15, 0.2) is 16.3 Å². The fourth-order valence-electron chi connectivity index (χ4n) is 4.38. The number of thiazole rings is 1. The van der Waals surface area contributed by atoms with Crippen molar-refractivity contribution < 1.29 is 23.4 Å². The summed E-state index contributed by atoms with van der Waals surface area (Å²) in [5.41, 5.74) is 2.26. The van der Waals surface area contributed by atoms with Gasteiger partial charge in [-0.05, 0) is 56.2 Å². The highest BCUT2D eigenvalue weighted by molar-refractivity contribution is 7.07. The largest absolute Gasteiger partial charge is 0.490 e. The maximum absolute atomic E-state index is 13.3. The number of hydrogen-bond acceptors (Lipinski definition) is 8. The first-order valence-corrected chi connectivity index (χ1v) is 13.5. The molecular formula is C30H28N2O6S. The van der Waals surface area contributed by atoms with Crippen molar-refractivity contribution in [3.8, 4) is 11.5 Å². The Balaban J connectivity index is 1.59. The van der Waals surface area contributed by atoms with Gasteiger partial charge in [-0.25, -0.2) is 9.79 Å². The second-order valence-corrected chi connectivity index (χ2v) is 9.72. The highest BCUT2D eigenvalue weighted by atomic mass is 32.1. The van der Waals surface area contributed by atoms with Gasteiger partial charge in [-0.2, -0.15) is 0 Å². The van der Waals surface area contributed by atoms with Crippen LogP contribution in [0.1, 0.15) is 43.7 Å². The molecule has 0 saturated carbocycles. The number of carbonyl (C=O) groups excluding carboxylic acids is 1. The summed E-state index contributed by atoms with van der Waals surface area (Å²) in [5.74, 6) is 1.17. The first kappa shape index (κ1) is 26.2. The molecule has 2 aromatic carbocycles. The first-order chi connectivity index (χ1) is 19.0. The van der Waals surface area contributed by atoms with Crippen LogP contribution in [0.4, 0.5) is 0 Å². The SMILES string of the molecule is CCOC(=O)C1=C(C)n2c(s/c(=C/c3ccco3)c2=O)=N[C@@H]1c1ccc(OCc2ccccc2)c(OCC)c1. The van der Waals surface area contributed by atoms with Crippen molar-refractivity contribution in [3.63, 3.8) is 0 Å². The first-order valence-electron chi connectivity index (χ1n) is 12.7. The third-order valence-electron chi connectivity index (χ3n) is 6.18. The van der Waals surface area contributed by atoms with Gasteiger partial charge in [0.05, 0.1) is 25.1 Å². The van der Waals surface area contributed by atoms with Crippen LogP contribution in [0.15, 0.2) is 86.7 Å². The molecule has 2 aromatic heterocycles. The van der Waals surface area contributed by atoms with E-state index in [0.717, 1.165) is 11.1 Å². The van der Waals surface area contributed by atoms with Crippen LogP contribution in [0, 0.1) is 0 Å². The third-order valence-corrected chi connectivity index (χ3v) is 7.16. The molecule has 0 N–H and O–H groups in total. The zero-order chi connectivity index (χ0) is 27.4. The number of esters is 1. The molecule has 1 atom stereocenters. The van der Waals surface area contributed by atoms with Gasteiger partial charge in [0, 0.05) is 11.8 Å². The molecule has 0 radical (unpaired) electrons. The highest BCUT2D eigenvalue weighted by Gasteiger charge is 2.32. The van der Waals surface area contributed by atoms with E-state index in [4.69, 9.17) is 23.6 Å².